The number of hydrogen-bond acceptors (Lipinski definition) is 3. The molecule has 3 aromatic rings. The molecular weight excluding hydrogens is 455 g/mol. The van der Waals surface area contributed by atoms with Gasteiger partial charge >= 0.3 is 0 Å². The van der Waals surface area contributed by atoms with Crippen molar-refractivity contribution in [3.8, 4) is 0 Å². The van der Waals surface area contributed by atoms with Crippen LogP contribution in [0.3, 0.4) is 0 Å². The molecule has 0 unspecified atom stereocenters. The second-order valence-corrected chi connectivity index (χ2v) is 8.47. The molecule has 1 aliphatic heterocycles. The number of carbonyl (C=O) groups excluding carboxylic acids is 2. The number of rotatable bonds is 7. The third kappa shape index (κ3) is 6.27. The molecule has 0 bridgehead atoms. The molecule has 0 radical (unpaired) electrons. The summed E-state index contributed by atoms with van der Waals surface area (Å²) in [7, 11) is 0. The van der Waals surface area contributed by atoms with Crippen LogP contribution in [0.1, 0.15) is 26.3 Å². The predicted molar refractivity (Wildman–Crippen MR) is 126 cm³/mol. The van der Waals surface area contributed by atoms with E-state index < -0.39 is 11.6 Å². The lowest BCUT2D eigenvalue weighted by Crippen LogP contribution is -2.50. The van der Waals surface area contributed by atoms with E-state index in [1.807, 2.05) is 0 Å². The summed E-state index contributed by atoms with van der Waals surface area (Å²) in [6.45, 7) is 3.34. The highest BCUT2D eigenvalue weighted by atomic mass is 19.1. The van der Waals surface area contributed by atoms with Gasteiger partial charge in [-0.1, -0.05) is 24.3 Å². The highest BCUT2D eigenvalue weighted by Crippen LogP contribution is 2.15. The first kappa shape index (κ1) is 24.5. The van der Waals surface area contributed by atoms with Gasteiger partial charge in [-0.15, -0.1) is 0 Å². The number of halogens is 3. The Labute approximate surface area is 202 Å². The quantitative estimate of drug-likeness (QED) is 0.508. The van der Waals surface area contributed by atoms with Crippen LogP contribution in [0.4, 0.5) is 13.2 Å². The van der Waals surface area contributed by atoms with Gasteiger partial charge in [0.15, 0.2) is 0 Å². The number of piperazine rings is 1. The fraction of sp³-hybridized carbons (Fsp3) is 0.259. The maximum Gasteiger partial charge on any atom is 0.256 e. The molecule has 1 saturated heterocycles. The standard InChI is InChI=1S/C27H26F3N3O2/c28-22-9-5-20(6-10-22)19-33(26(34)21-7-11-23(29)12-8-21)18-15-31-13-16-32(17-14-31)27(35)24-3-1-2-4-25(24)30/h1-12H,13-19H2. The second kappa shape index (κ2) is 11.2. The van der Waals surface area contributed by atoms with E-state index in [9.17, 15) is 22.8 Å². The first-order valence-electron chi connectivity index (χ1n) is 11.5. The van der Waals surface area contributed by atoms with E-state index in [-0.39, 0.29) is 29.7 Å². The van der Waals surface area contributed by atoms with E-state index in [1.165, 1.54) is 48.5 Å². The van der Waals surface area contributed by atoms with Crippen molar-refractivity contribution >= 4 is 11.8 Å². The third-order valence-corrected chi connectivity index (χ3v) is 6.11. The van der Waals surface area contributed by atoms with E-state index in [2.05, 4.69) is 4.90 Å². The average molecular weight is 482 g/mol. The molecule has 35 heavy (non-hydrogen) atoms. The second-order valence-electron chi connectivity index (χ2n) is 8.47. The molecule has 0 aliphatic carbocycles. The van der Waals surface area contributed by atoms with Crippen LogP contribution >= 0.6 is 0 Å². The molecule has 5 nitrogen and oxygen atoms in total. The number of benzene rings is 3. The molecule has 4 rings (SSSR count). The van der Waals surface area contributed by atoms with Gasteiger partial charge in [0.1, 0.15) is 17.5 Å². The molecular formula is C27H26F3N3O2. The van der Waals surface area contributed by atoms with Crippen LogP contribution in [0.5, 0.6) is 0 Å². The van der Waals surface area contributed by atoms with Gasteiger partial charge in [-0.05, 0) is 54.1 Å². The summed E-state index contributed by atoms with van der Waals surface area (Å²) in [5.74, 6) is -1.88. The van der Waals surface area contributed by atoms with E-state index in [1.54, 1.807) is 34.1 Å². The lowest BCUT2D eigenvalue weighted by atomic mass is 10.1. The summed E-state index contributed by atoms with van der Waals surface area (Å²) in [6.07, 6.45) is 0. The summed E-state index contributed by atoms with van der Waals surface area (Å²) in [5.41, 5.74) is 1.22. The Morgan fingerprint density at radius 1 is 0.771 bits per heavy atom. The van der Waals surface area contributed by atoms with Gasteiger partial charge in [-0.2, -0.15) is 0 Å². The highest BCUT2D eigenvalue weighted by molar-refractivity contribution is 5.95. The molecule has 0 spiro atoms. The van der Waals surface area contributed by atoms with Crippen molar-refractivity contribution < 1.29 is 22.8 Å². The number of carbonyl (C=O) groups is 2. The maximum absolute atomic E-state index is 14.0. The lowest BCUT2D eigenvalue weighted by molar-refractivity contribution is 0.0595. The van der Waals surface area contributed by atoms with Crippen molar-refractivity contribution in [2.45, 2.75) is 6.54 Å². The third-order valence-electron chi connectivity index (χ3n) is 6.11. The summed E-state index contributed by atoms with van der Waals surface area (Å²) in [5, 5.41) is 0. The first-order chi connectivity index (χ1) is 16.9. The predicted octanol–water partition coefficient (Wildman–Crippen LogP) is 4.20. The molecule has 0 N–H and O–H groups in total. The minimum Gasteiger partial charge on any atom is -0.336 e. The summed E-state index contributed by atoms with van der Waals surface area (Å²) >= 11 is 0. The van der Waals surface area contributed by atoms with Gasteiger partial charge in [0.2, 0.25) is 0 Å². The molecule has 8 heteroatoms. The van der Waals surface area contributed by atoms with Crippen LogP contribution in [-0.4, -0.2) is 65.8 Å². The van der Waals surface area contributed by atoms with Crippen LogP contribution in [0, 0.1) is 17.5 Å². The van der Waals surface area contributed by atoms with Gasteiger partial charge in [0.05, 0.1) is 5.56 Å². The summed E-state index contributed by atoms with van der Waals surface area (Å²) < 4.78 is 40.6. The summed E-state index contributed by atoms with van der Waals surface area (Å²) in [4.78, 5) is 31.2. The number of hydrogen-bond donors (Lipinski definition) is 0. The Morgan fingerprint density at radius 3 is 2.00 bits per heavy atom. The van der Waals surface area contributed by atoms with Crippen LogP contribution in [0.15, 0.2) is 72.8 Å². The van der Waals surface area contributed by atoms with E-state index >= 15 is 0 Å². The van der Waals surface area contributed by atoms with Gasteiger partial charge in [-0.3, -0.25) is 14.5 Å². The molecule has 3 aromatic carbocycles. The normalized spacial score (nSPS) is 14.1. The zero-order valence-corrected chi connectivity index (χ0v) is 19.2. The van der Waals surface area contributed by atoms with Gasteiger partial charge in [0, 0.05) is 51.4 Å². The SMILES string of the molecule is O=C(c1ccc(F)cc1)N(CCN1CCN(C(=O)c2ccccc2F)CC1)Cc1ccc(F)cc1. The highest BCUT2D eigenvalue weighted by Gasteiger charge is 2.25. The molecule has 0 atom stereocenters. The fourth-order valence-electron chi connectivity index (χ4n) is 4.08. The monoisotopic (exact) mass is 481 g/mol. The van der Waals surface area contributed by atoms with Gasteiger partial charge in [-0.25, -0.2) is 13.2 Å². The Balaban J connectivity index is 1.38. The van der Waals surface area contributed by atoms with Crippen LogP contribution in [0.25, 0.3) is 0 Å². The van der Waals surface area contributed by atoms with E-state index in [4.69, 9.17) is 0 Å². The van der Waals surface area contributed by atoms with Crippen molar-refractivity contribution in [3.63, 3.8) is 0 Å². The lowest BCUT2D eigenvalue weighted by Gasteiger charge is -2.36. The topological polar surface area (TPSA) is 43.9 Å². The molecule has 2 amide bonds. The fourth-order valence-corrected chi connectivity index (χ4v) is 4.08. The Hall–Kier alpha value is -3.65. The smallest absolute Gasteiger partial charge is 0.256 e. The van der Waals surface area contributed by atoms with Crippen molar-refractivity contribution in [2.24, 2.45) is 0 Å². The van der Waals surface area contributed by atoms with Crippen molar-refractivity contribution in [1.29, 1.82) is 0 Å². The number of nitrogens with zero attached hydrogens (tertiary/aromatic N) is 3. The zero-order valence-electron chi connectivity index (χ0n) is 19.2. The average Bonchev–Trinajstić information content (AvgIpc) is 2.88. The largest absolute Gasteiger partial charge is 0.336 e. The minimum absolute atomic E-state index is 0.0660. The Morgan fingerprint density at radius 2 is 1.37 bits per heavy atom. The molecule has 1 heterocycles. The van der Waals surface area contributed by atoms with Gasteiger partial charge < -0.3 is 9.80 Å². The van der Waals surface area contributed by atoms with Crippen molar-refractivity contribution in [2.75, 3.05) is 39.3 Å². The summed E-state index contributed by atoms with van der Waals surface area (Å²) in [6, 6.07) is 17.3. The van der Waals surface area contributed by atoms with Crippen LogP contribution in [-0.2, 0) is 6.54 Å². The number of amides is 2. The van der Waals surface area contributed by atoms with Gasteiger partial charge in [0.25, 0.3) is 11.8 Å². The zero-order chi connectivity index (χ0) is 24.8. The van der Waals surface area contributed by atoms with E-state index in [0.717, 1.165) is 5.56 Å². The molecule has 182 valence electrons. The maximum atomic E-state index is 14.0. The van der Waals surface area contributed by atoms with Crippen molar-refractivity contribution in [1.82, 2.24) is 14.7 Å². The minimum atomic E-state index is -0.532. The van der Waals surface area contributed by atoms with Crippen LogP contribution < -0.4 is 0 Å². The molecule has 1 aliphatic rings. The molecule has 0 saturated carbocycles. The molecule has 0 aromatic heterocycles. The van der Waals surface area contributed by atoms with E-state index in [0.29, 0.717) is 44.8 Å². The van der Waals surface area contributed by atoms with Crippen LogP contribution in [0.2, 0.25) is 0 Å². The first-order valence-corrected chi connectivity index (χ1v) is 11.5. The molecule has 1 fully saturated rings. The Bertz CT molecular complexity index is 1160. The van der Waals surface area contributed by atoms with Crippen molar-refractivity contribution in [3.05, 3.63) is 107 Å². The Kier molecular flexibility index (Phi) is 7.82.